The third kappa shape index (κ3) is 39.7. The van der Waals surface area contributed by atoms with Gasteiger partial charge in [0.15, 0.2) is 0 Å². The number of benzene rings is 10. The first-order valence-electron chi connectivity index (χ1n) is 45.5. The molecule has 0 aromatic heterocycles. The first kappa shape index (κ1) is 157. The molecule has 8 unspecified atom stereocenters. The Bertz CT molecular complexity index is 5620. The van der Waals surface area contributed by atoms with E-state index in [4.69, 9.17) is 51.1 Å². The van der Waals surface area contributed by atoms with Crippen molar-refractivity contribution >= 4 is 134 Å². The molecule has 0 N–H and O–H groups in total. The van der Waals surface area contributed by atoms with Crippen LogP contribution in [0.25, 0.3) is 83.2 Å². The molecule has 0 bridgehead atoms. The number of hydrogen-bond acceptors (Lipinski definition) is 0. The van der Waals surface area contributed by atoms with E-state index < -0.39 is 62.5 Å². The molecule has 10 aliphatic rings. The molecule has 10 aromatic carbocycles. The molecule has 0 aliphatic heterocycles. The monoisotopic (exact) mass is 2440 g/mol. The van der Waals surface area contributed by atoms with Gasteiger partial charge in [0.2, 0.25) is 0 Å². The van der Waals surface area contributed by atoms with Crippen LogP contribution in [0, 0.1) is 134 Å². The van der Waals surface area contributed by atoms with Crippen LogP contribution in [0.2, 0.25) is 0 Å². The van der Waals surface area contributed by atoms with Gasteiger partial charge in [0.1, 0.15) is 0 Å². The molecule has 0 spiro atoms. The van der Waals surface area contributed by atoms with Gasteiger partial charge in [-0.25, -0.2) is 0 Å². The van der Waals surface area contributed by atoms with Crippen molar-refractivity contribution in [3.8, 4) is 0 Å². The van der Waals surface area contributed by atoms with Crippen molar-refractivity contribution in [2.75, 3.05) is 0 Å². The molecule has 10 aromatic rings. The Labute approximate surface area is 982 Å². The molecule has 144 heavy (non-hydrogen) atoms. The van der Waals surface area contributed by atoms with E-state index in [1.54, 1.807) is 22.3 Å². The van der Waals surface area contributed by atoms with Crippen molar-refractivity contribution in [3.05, 3.63) is 485 Å². The summed E-state index contributed by atoms with van der Waals surface area (Å²) in [6.45, 7) is 64.7. The van der Waals surface area contributed by atoms with Gasteiger partial charge in [-0.15, -0.1) is 0 Å². The second kappa shape index (κ2) is 75.5. The molecule has 0 saturated heterocycles. The summed E-state index contributed by atoms with van der Waals surface area (Å²) >= 11 is -2.48. The number of fused-ring (bicyclic) bond motifs is 15. The van der Waals surface area contributed by atoms with Gasteiger partial charge in [-0.3, -0.25) is 0 Å². The number of hydrogen-bond donors (Lipinski definition) is 0. The van der Waals surface area contributed by atoms with Crippen LogP contribution in [0.1, 0.15) is 286 Å². The van der Waals surface area contributed by atoms with Gasteiger partial charge in [0.05, 0.1) is 0 Å². The largest absolute Gasteiger partial charge is 4.00 e. The summed E-state index contributed by atoms with van der Waals surface area (Å²) < 4.78 is 0. The molecule has 0 radical (unpaired) electrons. The number of allylic oxidation sites excluding steroid dienone is 27. The topological polar surface area (TPSA) is 0 Å². The molecule has 11 heteroatoms. The maximum absolute atomic E-state index is 4.93. The minimum absolute atomic E-state index is 0. The predicted octanol–water partition coefficient (Wildman–Crippen LogP) is 46.4. The van der Waals surface area contributed by atoms with Crippen LogP contribution in [-0.2, 0) is 115 Å². The van der Waals surface area contributed by atoms with Crippen molar-refractivity contribution in [1.29, 1.82) is 0 Å². The van der Waals surface area contributed by atoms with Crippen molar-refractivity contribution in [3.63, 3.8) is 0 Å². The summed E-state index contributed by atoms with van der Waals surface area (Å²) in [6, 6.07) is 65.4. The van der Waals surface area contributed by atoms with Crippen LogP contribution >= 0.6 is 51.1 Å². The summed E-state index contributed by atoms with van der Waals surface area (Å²) in [5.41, 5.74) is 43.0. The summed E-state index contributed by atoms with van der Waals surface area (Å²) in [5, 5.41) is 13.8. The molecular weight excluding hydrogens is 2270 g/mol. The van der Waals surface area contributed by atoms with E-state index in [2.05, 4.69) is 450 Å². The average Bonchev–Trinajstić information content (AvgIpc) is 1.63. The second-order valence-electron chi connectivity index (χ2n) is 36.3. The van der Waals surface area contributed by atoms with Crippen molar-refractivity contribution in [2.45, 2.75) is 230 Å². The Kier molecular flexibility index (Phi) is 82.5. The smallest absolute Gasteiger partial charge is 4.00 e. The molecule has 0 saturated carbocycles. The van der Waals surface area contributed by atoms with Crippen molar-refractivity contribution in [2.24, 2.45) is 29.6 Å². The van der Waals surface area contributed by atoms with Crippen LogP contribution in [0.5, 0.6) is 0 Å². The average molecular weight is 2450 g/mol. The molecule has 8 atom stereocenters. The molecular formula is C133H180Cl6Zr5. The van der Waals surface area contributed by atoms with Gasteiger partial charge in [-0.1, -0.05) is 374 Å². The van der Waals surface area contributed by atoms with Gasteiger partial charge < -0.3 is 104 Å². The van der Waals surface area contributed by atoms with E-state index in [9.17, 15) is 0 Å². The maximum atomic E-state index is 4.93. The second-order valence-corrected chi connectivity index (χ2v) is 47.5. The van der Waals surface area contributed by atoms with E-state index in [1.165, 1.54) is 193 Å². The SMILES string of the molecule is CC1=C(C)C(C)C(C)=C1C.CC1=C(C)C(C)C(C)=C1C.CC1=CC(C)C(C)=C1C.CC1=CC(C)C(C)=C1C.CC1=CC(C)C(C)=C1C.CC1=CC(C)c2c1ccc1ccccc21.CC1=CC(C)c2c1ccc1ccccc21.CC1C=Cc2ccc3ccccc3c21.CC1C=Cc2ccc3ccccc3c21.CC1C=Cc2ccc3ccccc3c21.[CH3-].[CH3-].[CH3-].[CH3-].[CH3-].[CH3-].[CH3-].[CH3-].[CH3-].[CH3-].[CH3-].[CH3-].[CH3-].[CH3-].[Cl][Zr+2][Cl].[Cl][Zr+2][Cl].[Cl][Zr+2][Cl].[Zr+4].[Zr+4]. The third-order valence-electron chi connectivity index (χ3n) is 29.0. The van der Waals surface area contributed by atoms with Crippen LogP contribution < -0.4 is 0 Å². The van der Waals surface area contributed by atoms with Crippen LogP contribution in [0.15, 0.2) is 325 Å². The van der Waals surface area contributed by atoms with Gasteiger partial charge >= 0.3 is 166 Å². The van der Waals surface area contributed by atoms with E-state index in [0.717, 1.165) is 0 Å². The molecule has 0 amide bonds. The van der Waals surface area contributed by atoms with Gasteiger partial charge in [-0.2, -0.15) is 0 Å². The maximum Gasteiger partial charge on any atom is 4.00 e. The van der Waals surface area contributed by atoms with Crippen LogP contribution in [0.3, 0.4) is 0 Å². The van der Waals surface area contributed by atoms with E-state index in [1.807, 2.05) is 0 Å². The zero-order valence-corrected chi connectivity index (χ0v) is 114. The predicted molar refractivity (Wildman–Crippen MR) is 657 cm³/mol. The Morgan fingerprint density at radius 2 is 0.361 bits per heavy atom. The fourth-order valence-electron chi connectivity index (χ4n) is 19.3. The standard InChI is InChI=1S/2C15H14.3C14H12.2C10H16.3C9H14.14CH3.6ClH.5Zr/c2*1-10-9-11(2)15-13(10)8-7-12-5-3-4-6-14(12)15;3*1-10-6-7-12-9-8-11-4-2-3-5-13(11)14(10)12;2*1-6-7(2)9(4)10(5)8(6)3;3*1-6-5-7(2)9(4)8(6)3;;;;;;;;;;;;;;;;;;;;;;;;;/h2*3-9,11H,1-2H3;3*2-10H,1H3;2*6H,1-5H3;3*5-6H,1-4H3;14*1H3;6*1H;;;;;/q;;;;;;;;;;14*-1;;;;;;;5*+4/p-6. The molecule has 0 fully saturated rings. The third-order valence-corrected chi connectivity index (χ3v) is 29.0. The normalized spacial score (nSPS) is 17.7. The van der Waals surface area contributed by atoms with E-state index in [-0.39, 0.29) is 156 Å². The number of rotatable bonds is 0. The Morgan fingerprint density at radius 3 is 0.521 bits per heavy atom. The van der Waals surface area contributed by atoms with Gasteiger partial charge in [-0.05, 0) is 321 Å². The molecule has 20 rings (SSSR count). The van der Waals surface area contributed by atoms with Gasteiger partial charge in [0.25, 0.3) is 0 Å². The minimum Gasteiger partial charge on any atom is 4.00 e. The van der Waals surface area contributed by atoms with Crippen molar-refractivity contribution < 1.29 is 115 Å². The first-order chi connectivity index (χ1) is 60.8. The van der Waals surface area contributed by atoms with Crippen LogP contribution in [-0.4, -0.2) is 0 Å². The van der Waals surface area contributed by atoms with Gasteiger partial charge in [0, 0.05) is 29.6 Å². The number of halogens is 6. The van der Waals surface area contributed by atoms with E-state index >= 15 is 0 Å². The summed E-state index contributed by atoms with van der Waals surface area (Å²) in [5.74, 6) is 6.26. The fourth-order valence-corrected chi connectivity index (χ4v) is 19.3. The minimum atomic E-state index is -0.826. The summed E-state index contributed by atoms with van der Waals surface area (Å²) in [4.78, 5) is 0. The fraction of sp³-hybridized carbons (Fsp3) is 0.293. The Morgan fingerprint density at radius 1 is 0.188 bits per heavy atom. The molecule has 774 valence electrons. The summed E-state index contributed by atoms with van der Waals surface area (Å²) in [6.07, 6.45) is 25.2. The summed E-state index contributed by atoms with van der Waals surface area (Å²) in [7, 11) is 29.6. The zero-order valence-electron chi connectivity index (χ0n) is 96.7. The Hall–Kier alpha value is -4.24. The molecule has 0 nitrogen and oxygen atoms in total. The zero-order chi connectivity index (χ0) is 94.4. The van der Waals surface area contributed by atoms with Crippen molar-refractivity contribution in [1.82, 2.24) is 0 Å². The first-order valence-corrected chi connectivity index (χ1v) is 64.5. The van der Waals surface area contributed by atoms with Crippen LogP contribution in [0.4, 0.5) is 0 Å². The molecule has 10 aliphatic carbocycles. The Balaban J connectivity index is -0.000000198. The quantitative estimate of drug-likeness (QED) is 0.133. The van der Waals surface area contributed by atoms with E-state index in [0.29, 0.717) is 59.2 Å². The molecule has 0 heterocycles.